The van der Waals surface area contributed by atoms with Gasteiger partial charge in [-0.2, -0.15) is 0 Å². The van der Waals surface area contributed by atoms with Crippen molar-refractivity contribution in [1.82, 2.24) is 19.4 Å². The van der Waals surface area contributed by atoms with Crippen LogP contribution in [0.2, 0.25) is 0 Å². The number of amides is 1. The maximum atomic E-state index is 13.3. The first-order chi connectivity index (χ1) is 19.0. The molecule has 1 saturated carbocycles. The molecule has 0 radical (unpaired) electrons. The van der Waals surface area contributed by atoms with Crippen LogP contribution in [0, 0.1) is 0 Å². The van der Waals surface area contributed by atoms with E-state index < -0.39 is 0 Å². The molecule has 8 heteroatoms. The van der Waals surface area contributed by atoms with E-state index in [0.717, 1.165) is 40.7 Å². The van der Waals surface area contributed by atoms with Crippen LogP contribution in [0.4, 0.5) is 0 Å². The number of aromatic nitrogens is 2. The number of aromatic amines is 1. The van der Waals surface area contributed by atoms with Gasteiger partial charge in [0.2, 0.25) is 0 Å². The third kappa shape index (κ3) is 5.77. The van der Waals surface area contributed by atoms with Gasteiger partial charge >= 0.3 is 5.69 Å². The van der Waals surface area contributed by atoms with Crippen LogP contribution in [-0.4, -0.2) is 44.4 Å². The van der Waals surface area contributed by atoms with E-state index in [1.807, 2.05) is 45.9 Å². The van der Waals surface area contributed by atoms with E-state index in [1.165, 1.54) is 37.7 Å². The highest BCUT2D eigenvalue weighted by atomic mass is 79.9. The van der Waals surface area contributed by atoms with Crippen molar-refractivity contribution in [2.45, 2.75) is 70.1 Å². The molecule has 3 heterocycles. The molecule has 1 aliphatic carbocycles. The smallest absolute Gasteiger partial charge is 0.326 e. The molecular formula is C31H35BrN4O3. The fourth-order valence-corrected chi connectivity index (χ4v) is 6.55. The van der Waals surface area contributed by atoms with Crippen LogP contribution in [0.1, 0.15) is 72.9 Å². The average molecular weight is 592 g/mol. The summed E-state index contributed by atoms with van der Waals surface area (Å²) in [7, 11) is 0. The highest BCUT2D eigenvalue weighted by molar-refractivity contribution is 9.10. The normalized spacial score (nSPS) is 17.3. The van der Waals surface area contributed by atoms with E-state index in [-0.39, 0.29) is 17.6 Å². The van der Waals surface area contributed by atoms with Crippen molar-refractivity contribution in [2.75, 3.05) is 13.1 Å². The number of halogens is 1. The van der Waals surface area contributed by atoms with E-state index >= 15 is 0 Å². The van der Waals surface area contributed by atoms with E-state index in [9.17, 15) is 9.59 Å². The van der Waals surface area contributed by atoms with E-state index in [1.54, 1.807) is 0 Å². The van der Waals surface area contributed by atoms with Crippen molar-refractivity contribution < 1.29 is 9.21 Å². The lowest BCUT2D eigenvalue weighted by Gasteiger charge is -2.34. The third-order valence-corrected chi connectivity index (χ3v) is 8.89. The summed E-state index contributed by atoms with van der Waals surface area (Å²) in [5.74, 6) is 1.17. The van der Waals surface area contributed by atoms with Crippen molar-refractivity contribution in [2.24, 2.45) is 0 Å². The van der Waals surface area contributed by atoms with Crippen LogP contribution in [0.3, 0.4) is 0 Å². The SMILES string of the molecule is O=C(c1ccc(CN(Cc2ccc(Br)cc2)C2CCCCC2)o1)N1CCC(n2c(=O)[nH]c3ccccc32)CC1. The number of nitrogens with one attached hydrogen (secondary N) is 1. The van der Waals surface area contributed by atoms with Crippen LogP contribution >= 0.6 is 15.9 Å². The number of nitrogens with zero attached hydrogens (tertiary/aromatic N) is 3. The minimum absolute atomic E-state index is 0.0666. The standard InChI is InChI=1S/C31H35BrN4O3/c32-23-12-10-22(11-13-23)20-35(24-6-2-1-3-7-24)21-26-14-15-29(39-26)30(37)34-18-16-25(17-19-34)36-28-9-5-4-8-27(28)33-31(36)38/h4-5,8-15,24-25H,1-3,6-7,16-21H2,(H,33,38). The molecule has 0 unspecified atom stereocenters. The van der Waals surface area contributed by atoms with Crippen LogP contribution in [0.25, 0.3) is 11.0 Å². The summed E-state index contributed by atoms with van der Waals surface area (Å²) in [6.45, 7) is 2.76. The Labute approximate surface area is 236 Å². The summed E-state index contributed by atoms with van der Waals surface area (Å²) in [6.07, 6.45) is 7.74. The molecule has 2 aromatic carbocycles. The Hall–Kier alpha value is -3.10. The number of rotatable bonds is 7. The number of carbonyl (C=O) groups is 1. The molecule has 2 aliphatic rings. The van der Waals surface area contributed by atoms with Crippen LogP contribution < -0.4 is 5.69 Å². The summed E-state index contributed by atoms with van der Waals surface area (Å²) < 4.78 is 9.09. The van der Waals surface area contributed by atoms with E-state index in [4.69, 9.17) is 4.42 Å². The van der Waals surface area contributed by atoms with E-state index in [2.05, 4.69) is 50.1 Å². The van der Waals surface area contributed by atoms with Gasteiger partial charge in [-0.15, -0.1) is 0 Å². The summed E-state index contributed by atoms with van der Waals surface area (Å²) in [6, 6.07) is 20.7. The molecule has 6 rings (SSSR count). The quantitative estimate of drug-likeness (QED) is 0.267. The van der Waals surface area contributed by atoms with Gasteiger partial charge in [0.1, 0.15) is 5.76 Å². The lowest BCUT2D eigenvalue weighted by Crippen LogP contribution is -2.40. The Bertz CT molecular complexity index is 1470. The highest BCUT2D eigenvalue weighted by Gasteiger charge is 2.29. The minimum atomic E-state index is -0.0812. The van der Waals surface area contributed by atoms with Crippen molar-refractivity contribution in [1.29, 1.82) is 0 Å². The first-order valence-corrected chi connectivity index (χ1v) is 14.9. The molecule has 204 valence electrons. The predicted octanol–water partition coefficient (Wildman–Crippen LogP) is 6.50. The van der Waals surface area contributed by atoms with Gasteiger partial charge in [-0.1, -0.05) is 59.5 Å². The number of H-pyrrole nitrogens is 1. The Morgan fingerprint density at radius 3 is 2.44 bits per heavy atom. The molecular weight excluding hydrogens is 556 g/mol. The van der Waals surface area contributed by atoms with Crippen LogP contribution in [0.15, 0.2) is 74.3 Å². The molecule has 1 saturated heterocycles. The van der Waals surface area contributed by atoms with E-state index in [0.29, 0.717) is 31.4 Å². The monoisotopic (exact) mass is 590 g/mol. The summed E-state index contributed by atoms with van der Waals surface area (Å²) in [5, 5.41) is 0. The zero-order valence-corrected chi connectivity index (χ0v) is 23.7. The van der Waals surface area contributed by atoms with Crippen LogP contribution in [0.5, 0.6) is 0 Å². The van der Waals surface area contributed by atoms with Crippen molar-refractivity contribution in [3.63, 3.8) is 0 Å². The number of imidazole rings is 1. The minimum Gasteiger partial charge on any atom is -0.455 e. The zero-order valence-electron chi connectivity index (χ0n) is 22.2. The number of para-hydroxylation sites is 2. The lowest BCUT2D eigenvalue weighted by atomic mass is 9.93. The molecule has 1 amide bonds. The van der Waals surface area contributed by atoms with Gasteiger partial charge in [0, 0.05) is 36.2 Å². The lowest BCUT2D eigenvalue weighted by molar-refractivity contribution is 0.0656. The Morgan fingerprint density at radius 1 is 0.923 bits per heavy atom. The fraction of sp³-hybridized carbons (Fsp3) is 0.419. The number of hydrogen-bond acceptors (Lipinski definition) is 4. The molecule has 0 atom stereocenters. The van der Waals surface area contributed by atoms with Gasteiger partial charge in [-0.05, 0) is 67.6 Å². The molecule has 39 heavy (non-hydrogen) atoms. The molecule has 1 N–H and O–H groups in total. The number of furan rings is 1. The number of fused-ring (bicyclic) bond motifs is 1. The largest absolute Gasteiger partial charge is 0.455 e. The van der Waals surface area contributed by atoms with Gasteiger partial charge in [-0.3, -0.25) is 14.3 Å². The number of likely N-dealkylation sites (tertiary alicyclic amines) is 1. The zero-order chi connectivity index (χ0) is 26.8. The molecule has 4 aromatic rings. The summed E-state index contributed by atoms with van der Waals surface area (Å²) in [4.78, 5) is 33.3. The molecule has 2 aromatic heterocycles. The Kier molecular flexibility index (Phi) is 7.75. The van der Waals surface area contributed by atoms with Gasteiger partial charge in [-0.25, -0.2) is 4.79 Å². The first kappa shape index (κ1) is 26.1. The molecule has 0 spiro atoms. The highest BCUT2D eigenvalue weighted by Crippen LogP contribution is 2.28. The maximum absolute atomic E-state index is 13.3. The summed E-state index contributed by atoms with van der Waals surface area (Å²) in [5.41, 5.74) is 2.98. The van der Waals surface area contributed by atoms with Crippen molar-refractivity contribution in [3.8, 4) is 0 Å². The molecule has 7 nitrogen and oxygen atoms in total. The Balaban J connectivity index is 1.11. The van der Waals surface area contributed by atoms with Gasteiger partial charge in [0.15, 0.2) is 5.76 Å². The fourth-order valence-electron chi connectivity index (χ4n) is 6.28. The first-order valence-electron chi connectivity index (χ1n) is 14.1. The second kappa shape index (κ2) is 11.6. The van der Waals surface area contributed by atoms with Crippen molar-refractivity contribution >= 4 is 32.9 Å². The molecule has 1 aliphatic heterocycles. The Morgan fingerprint density at radius 2 is 1.67 bits per heavy atom. The number of piperidine rings is 1. The second-order valence-corrected chi connectivity index (χ2v) is 11.8. The number of hydrogen-bond donors (Lipinski definition) is 1. The summed E-state index contributed by atoms with van der Waals surface area (Å²) >= 11 is 3.54. The third-order valence-electron chi connectivity index (χ3n) is 8.36. The predicted molar refractivity (Wildman–Crippen MR) is 156 cm³/mol. The number of carbonyl (C=O) groups excluding carboxylic acids is 1. The van der Waals surface area contributed by atoms with Gasteiger partial charge < -0.3 is 14.3 Å². The molecule has 0 bridgehead atoms. The van der Waals surface area contributed by atoms with Crippen LogP contribution in [-0.2, 0) is 13.1 Å². The second-order valence-electron chi connectivity index (χ2n) is 10.9. The average Bonchev–Trinajstić information content (AvgIpc) is 3.57. The topological polar surface area (TPSA) is 74.5 Å². The number of benzene rings is 2. The van der Waals surface area contributed by atoms with Gasteiger partial charge in [0.05, 0.1) is 17.6 Å². The van der Waals surface area contributed by atoms with Gasteiger partial charge in [0.25, 0.3) is 5.91 Å². The molecule has 2 fully saturated rings. The van der Waals surface area contributed by atoms with Crippen molar-refractivity contribution in [3.05, 3.63) is 92.7 Å². The maximum Gasteiger partial charge on any atom is 0.326 e.